The van der Waals surface area contributed by atoms with E-state index in [1.165, 1.54) is 18.4 Å². The highest BCUT2D eigenvalue weighted by Gasteiger charge is 2.10. The molecule has 0 unspecified atom stereocenters. The molecule has 2 N–H and O–H groups in total. The van der Waals surface area contributed by atoms with Crippen molar-refractivity contribution >= 4 is 34.5 Å². The summed E-state index contributed by atoms with van der Waals surface area (Å²) in [5.74, 6) is 0.428. The molecule has 3 rings (SSSR count). The zero-order chi connectivity index (χ0) is 21.3. The average molecular weight is 426 g/mol. The Morgan fingerprint density at radius 2 is 1.60 bits per heavy atom. The zero-order valence-corrected chi connectivity index (χ0v) is 17.6. The third-order valence-electron chi connectivity index (χ3n) is 4.03. The number of carbonyl (C=O) groups is 2. The van der Waals surface area contributed by atoms with Gasteiger partial charge >= 0.3 is 0 Å². The fraction of sp³-hybridized carbons (Fsp3) is 0.227. The van der Waals surface area contributed by atoms with Gasteiger partial charge in [0.25, 0.3) is 0 Å². The SMILES string of the molecule is CCOc1ccc(-c2nc(CC(=O)Nc3ccc(NC(=O)COC)cc3)cs2)cc1. The molecular weight excluding hydrogens is 402 g/mol. The molecule has 3 aromatic rings. The highest BCUT2D eigenvalue weighted by molar-refractivity contribution is 7.13. The largest absolute Gasteiger partial charge is 0.494 e. The van der Waals surface area contributed by atoms with Gasteiger partial charge in [-0.2, -0.15) is 0 Å². The van der Waals surface area contributed by atoms with E-state index in [4.69, 9.17) is 9.47 Å². The minimum atomic E-state index is -0.235. The molecule has 1 aromatic heterocycles. The number of nitrogens with one attached hydrogen (secondary N) is 2. The molecule has 0 aliphatic rings. The molecule has 0 aliphatic carbocycles. The number of hydrogen-bond acceptors (Lipinski definition) is 6. The molecule has 2 amide bonds. The third kappa shape index (κ3) is 6.13. The first-order chi connectivity index (χ1) is 14.6. The fourth-order valence-electron chi connectivity index (χ4n) is 2.72. The van der Waals surface area contributed by atoms with Crippen molar-refractivity contribution in [1.82, 2.24) is 4.98 Å². The molecule has 0 bridgehead atoms. The van der Waals surface area contributed by atoms with Crippen LogP contribution in [0.15, 0.2) is 53.9 Å². The number of hydrogen-bond donors (Lipinski definition) is 2. The van der Waals surface area contributed by atoms with Crippen LogP contribution in [0.5, 0.6) is 5.75 Å². The van der Waals surface area contributed by atoms with E-state index < -0.39 is 0 Å². The molecule has 2 aromatic carbocycles. The summed E-state index contributed by atoms with van der Waals surface area (Å²) in [5, 5.41) is 8.28. The number of methoxy groups -OCH3 is 1. The Balaban J connectivity index is 1.54. The first kappa shape index (κ1) is 21.5. The van der Waals surface area contributed by atoms with Crippen LogP contribution in [0.4, 0.5) is 11.4 Å². The van der Waals surface area contributed by atoms with E-state index in [-0.39, 0.29) is 24.8 Å². The summed E-state index contributed by atoms with van der Waals surface area (Å²) in [6.45, 7) is 2.56. The van der Waals surface area contributed by atoms with E-state index in [2.05, 4.69) is 15.6 Å². The smallest absolute Gasteiger partial charge is 0.250 e. The number of nitrogens with zero attached hydrogens (tertiary/aromatic N) is 1. The molecule has 0 atom stereocenters. The van der Waals surface area contributed by atoms with Crippen LogP contribution in [0.2, 0.25) is 0 Å². The zero-order valence-electron chi connectivity index (χ0n) is 16.8. The van der Waals surface area contributed by atoms with Gasteiger partial charge in [-0.15, -0.1) is 11.3 Å². The van der Waals surface area contributed by atoms with Crippen molar-refractivity contribution in [2.24, 2.45) is 0 Å². The molecule has 156 valence electrons. The lowest BCUT2D eigenvalue weighted by atomic mass is 10.2. The lowest BCUT2D eigenvalue weighted by molar-refractivity contribution is -0.119. The minimum absolute atomic E-state index is 0.00915. The lowest BCUT2D eigenvalue weighted by Crippen LogP contribution is -2.17. The number of carbonyl (C=O) groups excluding carboxylic acids is 2. The third-order valence-corrected chi connectivity index (χ3v) is 4.97. The van der Waals surface area contributed by atoms with E-state index in [1.54, 1.807) is 24.3 Å². The van der Waals surface area contributed by atoms with Crippen LogP contribution in [0, 0.1) is 0 Å². The summed E-state index contributed by atoms with van der Waals surface area (Å²) in [5.41, 5.74) is 2.98. The van der Waals surface area contributed by atoms with Crippen LogP contribution in [-0.4, -0.2) is 37.1 Å². The molecule has 0 saturated carbocycles. The van der Waals surface area contributed by atoms with Crippen LogP contribution in [0.1, 0.15) is 12.6 Å². The maximum atomic E-state index is 12.3. The van der Waals surface area contributed by atoms with Crippen molar-refractivity contribution in [2.75, 3.05) is 31.0 Å². The second-order valence-electron chi connectivity index (χ2n) is 6.38. The van der Waals surface area contributed by atoms with Crippen LogP contribution in [0.25, 0.3) is 10.6 Å². The molecule has 0 saturated heterocycles. The van der Waals surface area contributed by atoms with Crippen molar-refractivity contribution in [3.8, 4) is 16.3 Å². The van der Waals surface area contributed by atoms with E-state index in [0.717, 1.165) is 16.3 Å². The molecule has 1 heterocycles. The summed E-state index contributed by atoms with van der Waals surface area (Å²) in [6.07, 6.45) is 0.180. The first-order valence-corrected chi connectivity index (χ1v) is 10.3. The average Bonchev–Trinajstić information content (AvgIpc) is 3.19. The van der Waals surface area contributed by atoms with E-state index in [9.17, 15) is 9.59 Å². The molecule has 0 aliphatic heterocycles. The van der Waals surface area contributed by atoms with Gasteiger partial charge in [-0.3, -0.25) is 9.59 Å². The maximum absolute atomic E-state index is 12.3. The molecule has 0 fully saturated rings. The fourth-order valence-corrected chi connectivity index (χ4v) is 3.54. The van der Waals surface area contributed by atoms with Crippen molar-refractivity contribution < 1.29 is 19.1 Å². The van der Waals surface area contributed by atoms with E-state index >= 15 is 0 Å². The normalized spacial score (nSPS) is 10.5. The molecule has 0 radical (unpaired) electrons. The van der Waals surface area contributed by atoms with E-state index in [0.29, 0.717) is 23.7 Å². The Hall–Kier alpha value is -3.23. The molecule has 7 nitrogen and oxygen atoms in total. The second-order valence-corrected chi connectivity index (χ2v) is 7.24. The predicted molar refractivity (Wildman–Crippen MR) is 118 cm³/mol. The monoisotopic (exact) mass is 425 g/mol. The molecular formula is C22H23N3O4S. The molecule has 0 spiro atoms. The summed E-state index contributed by atoms with van der Waals surface area (Å²) in [4.78, 5) is 28.4. The Morgan fingerprint density at radius 3 is 2.20 bits per heavy atom. The van der Waals surface area contributed by atoms with Gasteiger partial charge in [0, 0.05) is 29.4 Å². The van der Waals surface area contributed by atoms with Crippen LogP contribution in [-0.2, 0) is 20.7 Å². The Labute approximate surface area is 179 Å². The number of amides is 2. The Morgan fingerprint density at radius 1 is 0.967 bits per heavy atom. The topological polar surface area (TPSA) is 89.5 Å². The van der Waals surface area contributed by atoms with Gasteiger partial charge in [0.15, 0.2) is 0 Å². The number of rotatable bonds is 9. The quantitative estimate of drug-likeness (QED) is 0.541. The van der Waals surface area contributed by atoms with Gasteiger partial charge in [-0.25, -0.2) is 4.98 Å². The van der Waals surface area contributed by atoms with Crippen molar-refractivity contribution in [3.63, 3.8) is 0 Å². The van der Waals surface area contributed by atoms with E-state index in [1.807, 2.05) is 36.6 Å². The van der Waals surface area contributed by atoms with Gasteiger partial charge in [0.1, 0.15) is 17.4 Å². The maximum Gasteiger partial charge on any atom is 0.250 e. The van der Waals surface area contributed by atoms with Crippen LogP contribution >= 0.6 is 11.3 Å². The van der Waals surface area contributed by atoms with Crippen LogP contribution < -0.4 is 15.4 Å². The highest BCUT2D eigenvalue weighted by Crippen LogP contribution is 2.26. The summed E-state index contributed by atoms with van der Waals surface area (Å²) < 4.78 is 10.2. The Bertz CT molecular complexity index is 984. The van der Waals surface area contributed by atoms with Gasteiger partial charge in [0.05, 0.1) is 18.7 Å². The van der Waals surface area contributed by atoms with Crippen molar-refractivity contribution in [1.29, 1.82) is 0 Å². The summed E-state index contributed by atoms with van der Waals surface area (Å²) in [7, 11) is 1.46. The number of benzene rings is 2. The highest BCUT2D eigenvalue weighted by atomic mass is 32.1. The van der Waals surface area contributed by atoms with Gasteiger partial charge in [-0.05, 0) is 55.5 Å². The van der Waals surface area contributed by atoms with Gasteiger partial charge in [-0.1, -0.05) is 0 Å². The number of anilines is 2. The van der Waals surface area contributed by atoms with Crippen molar-refractivity contribution in [2.45, 2.75) is 13.3 Å². The standard InChI is InChI=1S/C22H23N3O4S/c1-3-29-19-10-4-15(5-11-19)22-25-18(14-30-22)12-20(26)23-16-6-8-17(9-7-16)24-21(27)13-28-2/h4-11,14H,3,12-13H2,1-2H3,(H,23,26)(H,24,27). The number of thiazole rings is 1. The summed E-state index contributed by atoms with van der Waals surface area (Å²) in [6, 6.07) is 14.6. The lowest BCUT2D eigenvalue weighted by Gasteiger charge is -2.07. The van der Waals surface area contributed by atoms with Crippen LogP contribution in [0.3, 0.4) is 0 Å². The minimum Gasteiger partial charge on any atom is -0.494 e. The van der Waals surface area contributed by atoms with Crippen molar-refractivity contribution in [3.05, 3.63) is 59.6 Å². The predicted octanol–water partition coefficient (Wildman–Crippen LogP) is 3.97. The van der Waals surface area contributed by atoms with Gasteiger partial charge in [0.2, 0.25) is 11.8 Å². The Kier molecular flexibility index (Phi) is 7.53. The summed E-state index contributed by atoms with van der Waals surface area (Å²) >= 11 is 1.50. The second kappa shape index (κ2) is 10.5. The number of aromatic nitrogens is 1. The number of ether oxygens (including phenoxy) is 2. The first-order valence-electron chi connectivity index (χ1n) is 9.43. The van der Waals surface area contributed by atoms with Gasteiger partial charge < -0.3 is 20.1 Å². The molecule has 30 heavy (non-hydrogen) atoms. The molecule has 8 heteroatoms.